The highest BCUT2D eigenvalue weighted by Crippen LogP contribution is 2.38. The second-order valence-corrected chi connectivity index (χ2v) is 11.3. The average Bonchev–Trinajstić information content (AvgIpc) is 3.07. The van der Waals surface area contributed by atoms with E-state index >= 15 is 0 Å². The minimum atomic E-state index is -3.19. The summed E-state index contributed by atoms with van der Waals surface area (Å²) in [6, 6.07) is 1.06. The van der Waals surface area contributed by atoms with Crippen LogP contribution in [0.5, 0.6) is 0 Å². The van der Waals surface area contributed by atoms with Gasteiger partial charge in [-0.1, -0.05) is 0 Å². The highest BCUT2D eigenvalue weighted by Gasteiger charge is 2.30. The van der Waals surface area contributed by atoms with Crippen LogP contribution in [-0.4, -0.2) is 66.1 Å². The van der Waals surface area contributed by atoms with Crippen LogP contribution in [0.15, 0.2) is 6.33 Å². The van der Waals surface area contributed by atoms with Crippen molar-refractivity contribution in [2.45, 2.75) is 57.7 Å². The summed E-state index contributed by atoms with van der Waals surface area (Å²) in [6.07, 6.45) is 6.99. The van der Waals surface area contributed by atoms with Crippen LogP contribution in [0.4, 0.5) is 5.82 Å². The molecule has 0 aromatic carbocycles. The lowest BCUT2D eigenvalue weighted by molar-refractivity contribution is 0.221. The summed E-state index contributed by atoms with van der Waals surface area (Å²) in [5.41, 5.74) is 1.09. The van der Waals surface area contributed by atoms with Gasteiger partial charge in [-0.3, -0.25) is 0 Å². The molecular formula is C19H29N5O2S2. The summed E-state index contributed by atoms with van der Waals surface area (Å²) in [5.74, 6) is 1.01. The fourth-order valence-corrected chi connectivity index (χ4v) is 6.55. The van der Waals surface area contributed by atoms with Crippen molar-refractivity contribution in [2.24, 2.45) is 0 Å². The van der Waals surface area contributed by atoms with Crippen LogP contribution >= 0.6 is 11.3 Å². The minimum absolute atomic E-state index is 0.140. The smallest absolute Gasteiger partial charge is 0.214 e. The number of rotatable bonds is 5. The molecule has 9 heteroatoms. The van der Waals surface area contributed by atoms with E-state index in [0.29, 0.717) is 25.2 Å². The second-order valence-electron chi connectivity index (χ2n) is 8.00. The predicted octanol–water partition coefficient (Wildman–Crippen LogP) is 2.68. The molecule has 4 rings (SSSR count). The first-order chi connectivity index (χ1) is 13.4. The van der Waals surface area contributed by atoms with Crippen molar-refractivity contribution in [1.82, 2.24) is 19.2 Å². The van der Waals surface area contributed by atoms with Gasteiger partial charge in [-0.2, -0.15) is 4.31 Å². The number of fused-ring (bicyclic) bond motifs is 3. The molecule has 1 aliphatic carbocycles. The fraction of sp³-hybridized carbons (Fsp3) is 0.684. The standard InChI is InChI=1S/C19H29N5O2S2/c1-4-28(25,26)24-10-9-16-15(11-24)17-18(20-12-21-19(17)27-16)22-13-5-7-14(8-6-13)23(2)3/h12-14H,4-11H2,1-3H3,(H,20,21,22). The summed E-state index contributed by atoms with van der Waals surface area (Å²) in [7, 11) is 1.11. The molecule has 0 radical (unpaired) electrons. The zero-order chi connectivity index (χ0) is 19.9. The first-order valence-corrected chi connectivity index (χ1v) is 12.5. The largest absolute Gasteiger partial charge is 0.367 e. The van der Waals surface area contributed by atoms with Crippen LogP contribution in [0.2, 0.25) is 0 Å². The van der Waals surface area contributed by atoms with Gasteiger partial charge in [0.15, 0.2) is 0 Å². The molecule has 2 aliphatic rings. The maximum Gasteiger partial charge on any atom is 0.214 e. The van der Waals surface area contributed by atoms with Crippen molar-refractivity contribution >= 4 is 37.4 Å². The molecule has 0 saturated heterocycles. The monoisotopic (exact) mass is 423 g/mol. The lowest BCUT2D eigenvalue weighted by Crippen LogP contribution is -2.37. The number of aromatic nitrogens is 2. The molecule has 0 unspecified atom stereocenters. The van der Waals surface area contributed by atoms with E-state index in [-0.39, 0.29) is 5.75 Å². The van der Waals surface area contributed by atoms with Gasteiger partial charge in [0.1, 0.15) is 17.0 Å². The molecule has 154 valence electrons. The summed E-state index contributed by atoms with van der Waals surface area (Å²) in [6.45, 7) is 2.69. The molecule has 3 heterocycles. The Morgan fingerprint density at radius 2 is 2.00 bits per heavy atom. The SMILES string of the molecule is CCS(=O)(=O)N1CCc2sc3ncnc(NC4CCC(N(C)C)CC4)c3c2C1. The molecule has 0 bridgehead atoms. The van der Waals surface area contributed by atoms with Crippen molar-refractivity contribution in [3.05, 3.63) is 16.8 Å². The Kier molecular flexibility index (Phi) is 5.61. The lowest BCUT2D eigenvalue weighted by atomic mass is 9.90. The molecule has 28 heavy (non-hydrogen) atoms. The molecule has 1 aliphatic heterocycles. The van der Waals surface area contributed by atoms with Crippen molar-refractivity contribution in [3.63, 3.8) is 0 Å². The van der Waals surface area contributed by atoms with Gasteiger partial charge in [0.25, 0.3) is 0 Å². The van der Waals surface area contributed by atoms with E-state index in [1.807, 2.05) is 0 Å². The van der Waals surface area contributed by atoms with Crippen molar-refractivity contribution in [1.29, 1.82) is 0 Å². The lowest BCUT2D eigenvalue weighted by Gasteiger charge is -2.33. The summed E-state index contributed by atoms with van der Waals surface area (Å²) < 4.78 is 26.4. The predicted molar refractivity (Wildman–Crippen MR) is 114 cm³/mol. The first-order valence-electron chi connectivity index (χ1n) is 10.0. The summed E-state index contributed by atoms with van der Waals surface area (Å²) in [4.78, 5) is 13.5. The number of nitrogens with one attached hydrogen (secondary N) is 1. The number of anilines is 1. The second kappa shape index (κ2) is 7.85. The maximum absolute atomic E-state index is 12.4. The summed E-state index contributed by atoms with van der Waals surface area (Å²) in [5, 5.41) is 4.68. The zero-order valence-corrected chi connectivity index (χ0v) is 18.4. The Balaban J connectivity index is 1.60. The van der Waals surface area contributed by atoms with Gasteiger partial charge in [0, 0.05) is 30.1 Å². The quantitative estimate of drug-likeness (QED) is 0.797. The minimum Gasteiger partial charge on any atom is -0.367 e. The van der Waals surface area contributed by atoms with Crippen LogP contribution in [0.25, 0.3) is 10.2 Å². The number of nitrogens with zero attached hydrogens (tertiary/aromatic N) is 4. The van der Waals surface area contributed by atoms with Crippen LogP contribution in [0, 0.1) is 0 Å². The third-order valence-corrected chi connectivity index (χ3v) is 9.15. The number of thiophene rings is 1. The Hall–Kier alpha value is -1.29. The van der Waals surface area contributed by atoms with E-state index < -0.39 is 10.0 Å². The Bertz CT molecular complexity index is 949. The molecule has 0 atom stereocenters. The third kappa shape index (κ3) is 3.77. The van der Waals surface area contributed by atoms with Gasteiger partial charge >= 0.3 is 0 Å². The van der Waals surface area contributed by atoms with Gasteiger partial charge in [0.2, 0.25) is 10.0 Å². The van der Waals surface area contributed by atoms with Gasteiger partial charge < -0.3 is 10.2 Å². The average molecular weight is 424 g/mol. The van der Waals surface area contributed by atoms with E-state index in [9.17, 15) is 8.42 Å². The van der Waals surface area contributed by atoms with E-state index in [1.54, 1.807) is 28.9 Å². The van der Waals surface area contributed by atoms with Gasteiger partial charge in [-0.05, 0) is 58.7 Å². The fourth-order valence-electron chi connectivity index (χ4n) is 4.35. The number of hydrogen-bond acceptors (Lipinski definition) is 7. The van der Waals surface area contributed by atoms with Crippen molar-refractivity contribution < 1.29 is 8.42 Å². The highest BCUT2D eigenvalue weighted by atomic mass is 32.2. The molecule has 2 aromatic heterocycles. The third-order valence-electron chi connectivity index (χ3n) is 6.12. The Morgan fingerprint density at radius 1 is 1.25 bits per heavy atom. The van der Waals surface area contributed by atoms with E-state index in [1.165, 1.54) is 17.7 Å². The zero-order valence-electron chi connectivity index (χ0n) is 16.8. The molecule has 1 fully saturated rings. The van der Waals surface area contributed by atoms with Crippen molar-refractivity contribution in [2.75, 3.05) is 31.7 Å². The van der Waals surface area contributed by atoms with E-state index in [2.05, 4.69) is 34.3 Å². The molecular weight excluding hydrogens is 394 g/mol. The van der Waals surface area contributed by atoms with Gasteiger partial charge in [-0.25, -0.2) is 18.4 Å². The van der Waals surface area contributed by atoms with Gasteiger partial charge in [-0.15, -0.1) is 11.3 Å². The van der Waals surface area contributed by atoms with Gasteiger partial charge in [0.05, 0.1) is 11.1 Å². The molecule has 1 saturated carbocycles. The maximum atomic E-state index is 12.4. The normalized spacial score (nSPS) is 23.9. The number of sulfonamides is 1. The Morgan fingerprint density at radius 3 is 2.68 bits per heavy atom. The first kappa shape index (κ1) is 20.0. The number of hydrogen-bond donors (Lipinski definition) is 1. The molecule has 0 spiro atoms. The Labute approximate surface area is 171 Å². The van der Waals surface area contributed by atoms with Crippen LogP contribution in [-0.2, 0) is 23.0 Å². The van der Waals surface area contributed by atoms with Crippen LogP contribution in [0.1, 0.15) is 43.0 Å². The highest BCUT2D eigenvalue weighted by molar-refractivity contribution is 7.89. The molecule has 7 nitrogen and oxygen atoms in total. The van der Waals surface area contributed by atoms with E-state index in [0.717, 1.165) is 40.9 Å². The molecule has 1 N–H and O–H groups in total. The van der Waals surface area contributed by atoms with Crippen LogP contribution in [0.3, 0.4) is 0 Å². The topological polar surface area (TPSA) is 78.4 Å². The molecule has 2 aromatic rings. The molecule has 0 amide bonds. The van der Waals surface area contributed by atoms with Crippen LogP contribution < -0.4 is 5.32 Å². The summed E-state index contributed by atoms with van der Waals surface area (Å²) >= 11 is 1.68. The van der Waals surface area contributed by atoms with Crippen molar-refractivity contribution in [3.8, 4) is 0 Å². The van der Waals surface area contributed by atoms with E-state index in [4.69, 9.17) is 0 Å².